The van der Waals surface area contributed by atoms with Crippen LogP contribution in [0.15, 0.2) is 12.3 Å². The third-order valence-corrected chi connectivity index (χ3v) is 68.5. The average Bonchev–Trinajstić information content (AvgIpc) is 2.71. The first-order chi connectivity index (χ1) is 12.9. The van der Waals surface area contributed by atoms with Crippen LogP contribution in [-0.4, -0.2) is 50.0 Å². The van der Waals surface area contributed by atoms with Crippen molar-refractivity contribution in [1.29, 1.82) is 0 Å². The van der Waals surface area contributed by atoms with E-state index in [4.69, 9.17) is 13.3 Å². The molecule has 0 aromatic carbocycles. The standard InChI is InChI=1S/C20H48O3Si4/c1-11-21-24(14-4,15-5)27(20-10,25(16-6,17-7)22-12-2)26(18-8,19-9)23-13-3/h20H,10-19H2,1-9H3. The summed E-state index contributed by atoms with van der Waals surface area (Å²) < 4.78 is 20.8. The van der Waals surface area contributed by atoms with Crippen LogP contribution >= 0.6 is 0 Å². The summed E-state index contributed by atoms with van der Waals surface area (Å²) in [5, 5.41) is 0. The maximum atomic E-state index is 6.94. The summed E-state index contributed by atoms with van der Waals surface area (Å²) in [4.78, 5) is 0. The van der Waals surface area contributed by atoms with E-state index in [1.807, 2.05) is 0 Å². The Morgan fingerprint density at radius 1 is 0.519 bits per heavy atom. The van der Waals surface area contributed by atoms with Gasteiger partial charge in [-0.1, -0.05) is 41.5 Å². The molecule has 0 amide bonds. The molecule has 0 radical (unpaired) electrons. The lowest BCUT2D eigenvalue weighted by Gasteiger charge is -2.60. The van der Waals surface area contributed by atoms with E-state index < -0.39 is 30.1 Å². The zero-order valence-electron chi connectivity index (χ0n) is 19.9. The van der Waals surface area contributed by atoms with Gasteiger partial charge < -0.3 is 13.3 Å². The molecule has 0 heterocycles. The van der Waals surface area contributed by atoms with E-state index in [1.165, 1.54) is 36.3 Å². The summed E-state index contributed by atoms with van der Waals surface area (Å²) in [6.07, 6.45) is 0. The van der Waals surface area contributed by atoms with Crippen LogP contribution in [0.5, 0.6) is 0 Å². The molecular formula is C20H48O3Si4. The lowest BCUT2D eigenvalue weighted by Crippen LogP contribution is -2.90. The summed E-state index contributed by atoms with van der Waals surface area (Å²) in [6, 6.07) is 7.00. The molecule has 0 fully saturated rings. The number of hydrogen-bond acceptors (Lipinski definition) is 3. The highest BCUT2D eigenvalue weighted by molar-refractivity contribution is 7.89. The molecule has 0 atom stereocenters. The van der Waals surface area contributed by atoms with Gasteiger partial charge in [0.15, 0.2) is 30.1 Å². The van der Waals surface area contributed by atoms with Crippen LogP contribution in [0.2, 0.25) is 36.3 Å². The van der Waals surface area contributed by atoms with Crippen molar-refractivity contribution in [3.8, 4) is 0 Å². The lowest BCUT2D eigenvalue weighted by atomic mass is 10.9. The number of hydrogen-bond donors (Lipinski definition) is 0. The Hall–Kier alpha value is 0.488. The fourth-order valence-electron chi connectivity index (χ4n) is 6.01. The van der Waals surface area contributed by atoms with Crippen LogP contribution in [0, 0.1) is 0 Å². The van der Waals surface area contributed by atoms with Gasteiger partial charge in [0.2, 0.25) is 0 Å². The molecule has 0 aliphatic heterocycles. The molecule has 0 aromatic rings. The molecule has 3 nitrogen and oxygen atoms in total. The molecule has 0 unspecified atom stereocenters. The van der Waals surface area contributed by atoms with Gasteiger partial charge in [0, 0.05) is 19.8 Å². The second-order valence-corrected chi connectivity index (χ2v) is 40.3. The maximum Gasteiger partial charge on any atom is 0.184 e. The maximum absolute atomic E-state index is 6.94. The first kappa shape index (κ1) is 27.5. The highest BCUT2D eigenvalue weighted by atomic mass is 29.9. The first-order valence-electron chi connectivity index (χ1n) is 11.4. The highest BCUT2D eigenvalue weighted by Gasteiger charge is 2.75. The van der Waals surface area contributed by atoms with Gasteiger partial charge in [-0.2, -0.15) is 0 Å². The van der Waals surface area contributed by atoms with Crippen molar-refractivity contribution < 1.29 is 13.3 Å². The Labute approximate surface area is 174 Å². The summed E-state index contributed by atoms with van der Waals surface area (Å²) >= 11 is 0. The smallest absolute Gasteiger partial charge is 0.184 e. The van der Waals surface area contributed by atoms with Gasteiger partial charge in [-0.25, -0.2) is 0 Å². The summed E-state index contributed by atoms with van der Waals surface area (Å²) in [5.41, 5.74) is 2.48. The lowest BCUT2D eigenvalue weighted by molar-refractivity contribution is 0.318. The van der Waals surface area contributed by atoms with Crippen molar-refractivity contribution in [2.75, 3.05) is 19.8 Å². The van der Waals surface area contributed by atoms with E-state index in [2.05, 4.69) is 74.6 Å². The van der Waals surface area contributed by atoms with E-state index in [0.29, 0.717) is 0 Å². The quantitative estimate of drug-likeness (QED) is 0.253. The molecule has 0 aliphatic carbocycles. The molecule has 162 valence electrons. The minimum atomic E-state index is -2.16. The topological polar surface area (TPSA) is 27.7 Å². The van der Waals surface area contributed by atoms with E-state index in [9.17, 15) is 0 Å². The minimum Gasteiger partial charge on any atom is -0.420 e. The summed E-state index contributed by atoms with van der Waals surface area (Å²) in [7, 11) is -6.17. The second-order valence-electron chi connectivity index (χ2n) is 7.42. The summed E-state index contributed by atoms with van der Waals surface area (Å²) in [5.74, 6) is 0. The monoisotopic (exact) mass is 448 g/mol. The Bertz CT molecular complexity index is 364. The van der Waals surface area contributed by atoms with Crippen molar-refractivity contribution in [2.45, 2.75) is 98.6 Å². The Morgan fingerprint density at radius 3 is 0.852 bits per heavy atom. The molecule has 0 saturated heterocycles. The van der Waals surface area contributed by atoms with Crippen LogP contribution in [0.25, 0.3) is 0 Å². The molecule has 0 saturated carbocycles. The van der Waals surface area contributed by atoms with Crippen LogP contribution in [0.4, 0.5) is 0 Å². The molecule has 0 N–H and O–H groups in total. The van der Waals surface area contributed by atoms with Gasteiger partial charge >= 0.3 is 0 Å². The summed E-state index contributed by atoms with van der Waals surface area (Å²) in [6.45, 7) is 25.7. The van der Waals surface area contributed by atoms with Crippen molar-refractivity contribution >= 4 is 30.1 Å². The van der Waals surface area contributed by atoms with E-state index in [1.54, 1.807) is 0 Å². The molecule has 0 bridgehead atoms. The fraction of sp³-hybridized carbons (Fsp3) is 0.900. The molecule has 0 rings (SSSR count). The van der Waals surface area contributed by atoms with Gasteiger partial charge in [0.1, 0.15) is 0 Å². The van der Waals surface area contributed by atoms with Crippen LogP contribution in [-0.2, 0) is 13.3 Å². The van der Waals surface area contributed by atoms with Crippen molar-refractivity contribution in [2.24, 2.45) is 0 Å². The van der Waals surface area contributed by atoms with Gasteiger partial charge in [-0.3, -0.25) is 0 Å². The highest BCUT2D eigenvalue weighted by Crippen LogP contribution is 2.48. The van der Waals surface area contributed by atoms with Gasteiger partial charge in [0.25, 0.3) is 0 Å². The van der Waals surface area contributed by atoms with Crippen LogP contribution in [0.3, 0.4) is 0 Å². The Morgan fingerprint density at radius 2 is 0.741 bits per heavy atom. The van der Waals surface area contributed by atoms with E-state index >= 15 is 0 Å². The number of rotatable bonds is 16. The average molecular weight is 449 g/mol. The zero-order valence-corrected chi connectivity index (χ0v) is 23.9. The third kappa shape index (κ3) is 4.34. The van der Waals surface area contributed by atoms with Crippen molar-refractivity contribution in [3.05, 3.63) is 12.3 Å². The molecule has 7 heteroatoms. The van der Waals surface area contributed by atoms with Crippen LogP contribution < -0.4 is 0 Å². The second kappa shape index (κ2) is 12.2. The van der Waals surface area contributed by atoms with Crippen molar-refractivity contribution in [3.63, 3.8) is 0 Å². The van der Waals surface area contributed by atoms with Crippen molar-refractivity contribution in [1.82, 2.24) is 0 Å². The van der Waals surface area contributed by atoms with Gasteiger partial charge in [-0.05, 0) is 57.0 Å². The Balaban J connectivity index is 7.36. The Kier molecular flexibility index (Phi) is 12.5. The molecular weight excluding hydrogens is 401 g/mol. The molecule has 27 heavy (non-hydrogen) atoms. The predicted octanol–water partition coefficient (Wildman–Crippen LogP) is 6.46. The van der Waals surface area contributed by atoms with Crippen LogP contribution in [0.1, 0.15) is 62.3 Å². The zero-order chi connectivity index (χ0) is 21.2. The van der Waals surface area contributed by atoms with Gasteiger partial charge in [-0.15, -0.1) is 12.3 Å². The SMILES string of the molecule is C=C[Si]([Si](CC)(CC)OCC)([Si](CC)(CC)OCC)[Si](CC)(CC)OCC. The molecule has 0 aliphatic rings. The van der Waals surface area contributed by atoms with E-state index in [0.717, 1.165) is 19.8 Å². The largest absolute Gasteiger partial charge is 0.420 e. The first-order valence-corrected chi connectivity index (χ1v) is 23.5. The fourth-order valence-corrected chi connectivity index (χ4v) is 87.6. The molecule has 0 aromatic heterocycles. The van der Waals surface area contributed by atoms with E-state index in [-0.39, 0.29) is 0 Å². The third-order valence-electron chi connectivity index (χ3n) is 7.15. The minimum absolute atomic E-state index is 0.810. The molecule has 0 spiro atoms. The predicted molar refractivity (Wildman–Crippen MR) is 131 cm³/mol. The normalized spacial score (nSPS) is 13.8. The van der Waals surface area contributed by atoms with Gasteiger partial charge in [0.05, 0.1) is 0 Å².